The molecule has 1 aliphatic rings. The smallest absolute Gasteiger partial charge is 0.290 e. The monoisotopic (exact) mass is 543 g/mol. The van der Waals surface area contributed by atoms with Gasteiger partial charge < -0.3 is 19.9 Å². The number of carboxylic acid groups (broad SMARTS) is 1. The van der Waals surface area contributed by atoms with E-state index in [0.717, 1.165) is 82.3 Å². The number of aromatic amines is 2. The molecule has 0 aliphatic carbocycles. The number of rotatable bonds is 6. The highest BCUT2D eigenvalue weighted by molar-refractivity contribution is 5.94. The van der Waals surface area contributed by atoms with E-state index in [1.165, 1.54) is 17.7 Å². The number of aryl methyl sites for hydroxylation is 1. The molecule has 1 aliphatic heterocycles. The lowest BCUT2D eigenvalue weighted by Gasteiger charge is -2.25. The van der Waals surface area contributed by atoms with E-state index in [-0.39, 0.29) is 12.2 Å². The van der Waals surface area contributed by atoms with Gasteiger partial charge in [-0.25, -0.2) is 9.37 Å². The lowest BCUT2D eigenvalue weighted by molar-refractivity contribution is -0.122. The Hall–Kier alpha value is -4.70. The van der Waals surface area contributed by atoms with Gasteiger partial charge in [-0.1, -0.05) is 25.1 Å². The van der Waals surface area contributed by atoms with Gasteiger partial charge in [-0.15, -0.1) is 0 Å². The number of nitrogens with zero attached hydrogens (tertiary/aromatic N) is 3. The second-order valence-corrected chi connectivity index (χ2v) is 9.58. The average Bonchev–Trinajstić information content (AvgIpc) is 3.58. The fourth-order valence-electron chi connectivity index (χ4n) is 5.15. The summed E-state index contributed by atoms with van der Waals surface area (Å²) in [6, 6.07) is 17.0. The molecule has 0 amide bonds. The van der Waals surface area contributed by atoms with Gasteiger partial charge in [0.25, 0.3) is 6.47 Å². The third-order valence-corrected chi connectivity index (χ3v) is 7.11. The van der Waals surface area contributed by atoms with Gasteiger partial charge in [-0.3, -0.25) is 14.8 Å². The zero-order valence-corrected chi connectivity index (χ0v) is 22.2. The van der Waals surface area contributed by atoms with Crippen molar-refractivity contribution in [3.8, 4) is 34.1 Å². The van der Waals surface area contributed by atoms with Gasteiger partial charge in [0.15, 0.2) is 17.4 Å². The summed E-state index contributed by atoms with van der Waals surface area (Å²) in [7, 11) is 1.69. The number of phenolic OH excluding ortho intramolecular Hbond substituents is 1. The summed E-state index contributed by atoms with van der Waals surface area (Å²) in [4.78, 5) is 19.2. The SMILES string of the molecule is CCc1cc(O)c(F)cc1-c1ccc2c(-c3nc4c([nH]3)CCN(Cc3cccc(OC)c3)C4)n[nH]c2c1.O=CO. The summed E-state index contributed by atoms with van der Waals surface area (Å²) in [5.41, 5.74) is 7.54. The lowest BCUT2D eigenvalue weighted by atomic mass is 9.96. The molecule has 0 saturated carbocycles. The summed E-state index contributed by atoms with van der Waals surface area (Å²) in [5, 5.41) is 25.3. The fourth-order valence-corrected chi connectivity index (χ4v) is 5.15. The fraction of sp³-hybridized carbons (Fsp3) is 0.233. The lowest BCUT2D eigenvalue weighted by Crippen LogP contribution is -2.30. The maximum atomic E-state index is 14.1. The van der Waals surface area contributed by atoms with E-state index in [2.05, 4.69) is 32.2 Å². The number of carbonyl (C=O) groups is 1. The van der Waals surface area contributed by atoms with Gasteiger partial charge in [0.2, 0.25) is 0 Å². The first kappa shape index (κ1) is 26.9. The standard InChI is InChI=1S/C29H28FN5O2.CH2O2/c1-3-18-13-27(36)23(30)14-22(18)19-7-8-21-25(12-19)33-34-28(21)29-31-24-9-10-35(16-26(24)32-29)15-17-5-4-6-20(11-17)37-2;2-1-3/h4-8,11-14,36H,3,9-10,15-16H2,1-2H3,(H,31,32)(H,33,34);1H,(H,2,3). The van der Waals surface area contributed by atoms with Crippen LogP contribution in [0.25, 0.3) is 33.5 Å². The van der Waals surface area contributed by atoms with Crippen molar-refractivity contribution in [2.24, 2.45) is 0 Å². The van der Waals surface area contributed by atoms with Crippen molar-refractivity contribution in [3.63, 3.8) is 0 Å². The minimum absolute atomic E-state index is 0.250. The molecule has 0 bridgehead atoms. The van der Waals surface area contributed by atoms with Crippen molar-refractivity contribution < 1.29 is 24.1 Å². The Balaban J connectivity index is 0.00000103. The number of aromatic nitrogens is 4. The molecule has 3 aromatic carbocycles. The zero-order chi connectivity index (χ0) is 28.2. The Morgan fingerprint density at radius 1 is 1.18 bits per heavy atom. The normalized spacial score (nSPS) is 13.0. The first-order valence-corrected chi connectivity index (χ1v) is 12.9. The molecule has 9 nitrogen and oxygen atoms in total. The Morgan fingerprint density at radius 2 is 2.00 bits per heavy atom. The molecule has 0 atom stereocenters. The molecular formula is C30H30FN5O4. The van der Waals surface area contributed by atoms with E-state index in [0.29, 0.717) is 6.42 Å². The minimum atomic E-state index is -0.626. The highest BCUT2D eigenvalue weighted by Gasteiger charge is 2.23. The zero-order valence-electron chi connectivity index (χ0n) is 22.2. The Labute approximate surface area is 230 Å². The van der Waals surface area contributed by atoms with E-state index in [1.807, 2.05) is 37.3 Å². The molecule has 2 aromatic heterocycles. The van der Waals surface area contributed by atoms with Crippen LogP contribution in [-0.4, -0.2) is 55.4 Å². The predicted molar refractivity (Wildman–Crippen MR) is 150 cm³/mol. The van der Waals surface area contributed by atoms with E-state index < -0.39 is 5.82 Å². The number of nitrogens with one attached hydrogen (secondary N) is 2. The van der Waals surface area contributed by atoms with Crippen molar-refractivity contribution >= 4 is 17.4 Å². The molecule has 40 heavy (non-hydrogen) atoms. The van der Waals surface area contributed by atoms with Crippen LogP contribution in [0.4, 0.5) is 4.39 Å². The van der Waals surface area contributed by atoms with Crippen LogP contribution in [-0.2, 0) is 30.7 Å². The molecule has 0 radical (unpaired) electrons. The van der Waals surface area contributed by atoms with Crippen molar-refractivity contribution in [1.29, 1.82) is 0 Å². The number of ether oxygens (including phenoxy) is 1. The molecular weight excluding hydrogens is 513 g/mol. The number of aromatic hydroxyl groups is 1. The topological polar surface area (TPSA) is 127 Å². The molecule has 10 heteroatoms. The molecule has 0 saturated heterocycles. The molecule has 3 heterocycles. The third kappa shape index (κ3) is 5.39. The van der Waals surface area contributed by atoms with E-state index in [1.54, 1.807) is 7.11 Å². The highest BCUT2D eigenvalue weighted by atomic mass is 19.1. The predicted octanol–water partition coefficient (Wildman–Crippen LogP) is 5.29. The Morgan fingerprint density at radius 3 is 2.77 bits per heavy atom. The number of benzene rings is 3. The number of imidazole rings is 1. The molecule has 6 rings (SSSR count). The number of fused-ring (bicyclic) bond motifs is 2. The maximum Gasteiger partial charge on any atom is 0.290 e. The third-order valence-electron chi connectivity index (χ3n) is 7.11. The minimum Gasteiger partial charge on any atom is -0.505 e. The molecule has 0 unspecified atom stereocenters. The van der Waals surface area contributed by atoms with Gasteiger partial charge in [-0.05, 0) is 65.1 Å². The number of halogens is 1. The van der Waals surface area contributed by atoms with Crippen molar-refractivity contribution in [3.05, 3.63) is 82.9 Å². The largest absolute Gasteiger partial charge is 0.505 e. The summed E-state index contributed by atoms with van der Waals surface area (Å²) in [5.74, 6) is 0.665. The first-order valence-electron chi connectivity index (χ1n) is 12.9. The molecule has 5 aromatic rings. The highest BCUT2D eigenvalue weighted by Crippen LogP contribution is 2.34. The van der Waals surface area contributed by atoms with E-state index >= 15 is 0 Å². The van der Waals surface area contributed by atoms with Gasteiger partial charge in [0.05, 0.1) is 18.3 Å². The van der Waals surface area contributed by atoms with E-state index in [4.69, 9.17) is 19.6 Å². The quantitative estimate of drug-likeness (QED) is 0.214. The summed E-state index contributed by atoms with van der Waals surface area (Å²) < 4.78 is 19.5. The van der Waals surface area contributed by atoms with Gasteiger partial charge in [0.1, 0.15) is 11.4 Å². The first-order chi connectivity index (χ1) is 19.4. The second-order valence-electron chi connectivity index (χ2n) is 9.58. The summed E-state index contributed by atoms with van der Waals surface area (Å²) in [6.07, 6.45) is 1.58. The Bertz CT molecular complexity index is 1660. The number of phenols is 1. The van der Waals surface area contributed by atoms with E-state index in [9.17, 15) is 9.50 Å². The van der Waals surface area contributed by atoms with Crippen LogP contribution in [0.3, 0.4) is 0 Å². The van der Waals surface area contributed by atoms with Gasteiger partial charge in [0, 0.05) is 37.1 Å². The molecule has 0 fully saturated rings. The van der Waals surface area contributed by atoms with Gasteiger partial charge >= 0.3 is 0 Å². The molecule has 4 N–H and O–H groups in total. The summed E-state index contributed by atoms with van der Waals surface area (Å²) >= 11 is 0. The number of hydrogen-bond acceptors (Lipinski definition) is 6. The molecule has 0 spiro atoms. The maximum absolute atomic E-state index is 14.1. The van der Waals surface area contributed by atoms with Crippen LogP contribution >= 0.6 is 0 Å². The van der Waals surface area contributed by atoms with Crippen LogP contribution in [0.2, 0.25) is 0 Å². The van der Waals surface area contributed by atoms with Crippen LogP contribution in [0.5, 0.6) is 11.5 Å². The van der Waals surface area contributed by atoms with Crippen LogP contribution in [0, 0.1) is 5.82 Å². The Kier molecular flexibility index (Phi) is 7.79. The molecule has 206 valence electrons. The van der Waals surface area contributed by atoms with Crippen LogP contribution in [0.15, 0.2) is 54.6 Å². The average molecular weight is 544 g/mol. The number of hydrogen-bond donors (Lipinski definition) is 4. The summed E-state index contributed by atoms with van der Waals surface area (Å²) in [6.45, 7) is 4.28. The van der Waals surface area contributed by atoms with Crippen LogP contribution < -0.4 is 4.74 Å². The second kappa shape index (κ2) is 11.6. The number of H-pyrrole nitrogens is 2. The van der Waals surface area contributed by atoms with Crippen molar-refractivity contribution in [2.75, 3.05) is 13.7 Å². The van der Waals surface area contributed by atoms with Crippen LogP contribution in [0.1, 0.15) is 29.4 Å². The van der Waals surface area contributed by atoms with Crippen molar-refractivity contribution in [1.82, 2.24) is 25.1 Å². The van der Waals surface area contributed by atoms with Gasteiger partial charge in [-0.2, -0.15) is 5.10 Å². The number of methoxy groups -OCH3 is 1. The van der Waals surface area contributed by atoms with Crippen molar-refractivity contribution in [2.45, 2.75) is 32.9 Å².